The van der Waals surface area contributed by atoms with Crippen LogP contribution in [0.2, 0.25) is 5.02 Å². The summed E-state index contributed by atoms with van der Waals surface area (Å²) in [5, 5.41) is 10.5. The van der Waals surface area contributed by atoms with Gasteiger partial charge in [-0.3, -0.25) is 9.52 Å². The van der Waals surface area contributed by atoms with E-state index in [2.05, 4.69) is 9.71 Å². The zero-order valence-corrected chi connectivity index (χ0v) is 12.3. The van der Waals surface area contributed by atoms with E-state index in [-0.39, 0.29) is 16.4 Å². The van der Waals surface area contributed by atoms with Crippen LogP contribution in [-0.4, -0.2) is 24.5 Å². The molecule has 0 aliphatic rings. The summed E-state index contributed by atoms with van der Waals surface area (Å²) >= 11 is 6.76. The standard InChI is InChI=1S/C11H9ClN2O4S2/c12-7-2-1-3-9(4-7)20(17,18)14-11-13-8(6-19-11)5-10(15)16/h1-4,6H,5H2,(H,13,14)(H,15,16). The van der Waals surface area contributed by atoms with Crippen molar-refractivity contribution in [3.8, 4) is 0 Å². The Morgan fingerprint density at radius 2 is 2.20 bits per heavy atom. The molecule has 0 spiro atoms. The van der Waals surface area contributed by atoms with E-state index in [1.807, 2.05) is 0 Å². The molecule has 0 saturated heterocycles. The quantitative estimate of drug-likeness (QED) is 0.875. The van der Waals surface area contributed by atoms with Crippen LogP contribution in [0.1, 0.15) is 5.69 Å². The molecule has 1 aromatic heterocycles. The first-order chi connectivity index (χ1) is 9.37. The van der Waals surface area contributed by atoms with Crippen molar-refractivity contribution in [2.45, 2.75) is 11.3 Å². The number of carbonyl (C=O) groups is 1. The van der Waals surface area contributed by atoms with Gasteiger partial charge in [-0.25, -0.2) is 13.4 Å². The highest BCUT2D eigenvalue weighted by atomic mass is 35.5. The molecule has 6 nitrogen and oxygen atoms in total. The van der Waals surface area contributed by atoms with Gasteiger partial charge in [0.25, 0.3) is 10.0 Å². The number of hydrogen-bond acceptors (Lipinski definition) is 5. The van der Waals surface area contributed by atoms with Gasteiger partial charge in [0, 0.05) is 10.4 Å². The number of carboxylic acid groups (broad SMARTS) is 1. The summed E-state index contributed by atoms with van der Waals surface area (Å²) in [6.45, 7) is 0. The Morgan fingerprint density at radius 3 is 2.85 bits per heavy atom. The zero-order valence-electron chi connectivity index (χ0n) is 9.91. The molecule has 0 amide bonds. The summed E-state index contributed by atoms with van der Waals surface area (Å²) in [5.74, 6) is -1.03. The predicted octanol–water partition coefficient (Wildman–Crippen LogP) is 2.22. The highest BCUT2D eigenvalue weighted by molar-refractivity contribution is 7.93. The topological polar surface area (TPSA) is 96.4 Å². The Balaban J connectivity index is 2.20. The Hall–Kier alpha value is -1.64. The third-order valence-electron chi connectivity index (χ3n) is 2.21. The number of nitrogens with zero attached hydrogens (tertiary/aromatic N) is 1. The fraction of sp³-hybridized carbons (Fsp3) is 0.0909. The third kappa shape index (κ3) is 3.69. The monoisotopic (exact) mass is 332 g/mol. The molecule has 9 heteroatoms. The molecule has 0 radical (unpaired) electrons. The van der Waals surface area contributed by atoms with E-state index < -0.39 is 16.0 Å². The number of aromatic nitrogens is 1. The highest BCUT2D eigenvalue weighted by Crippen LogP contribution is 2.22. The maximum Gasteiger partial charge on any atom is 0.309 e. The van der Waals surface area contributed by atoms with Crippen molar-refractivity contribution in [1.82, 2.24) is 4.98 Å². The van der Waals surface area contributed by atoms with E-state index in [0.29, 0.717) is 10.7 Å². The van der Waals surface area contributed by atoms with E-state index in [4.69, 9.17) is 16.7 Å². The van der Waals surface area contributed by atoms with Crippen LogP contribution in [0.4, 0.5) is 5.13 Å². The molecule has 0 aliphatic carbocycles. The average molecular weight is 333 g/mol. The molecule has 0 atom stereocenters. The van der Waals surface area contributed by atoms with Crippen molar-refractivity contribution >= 4 is 44.1 Å². The number of thiazole rings is 1. The van der Waals surface area contributed by atoms with Crippen LogP contribution in [0, 0.1) is 0 Å². The minimum Gasteiger partial charge on any atom is -0.481 e. The molecule has 0 saturated carbocycles. The summed E-state index contributed by atoms with van der Waals surface area (Å²) < 4.78 is 26.4. The van der Waals surface area contributed by atoms with Gasteiger partial charge in [-0.15, -0.1) is 11.3 Å². The molecule has 2 aromatic rings. The SMILES string of the molecule is O=C(O)Cc1csc(NS(=O)(=O)c2cccc(Cl)c2)n1. The lowest BCUT2D eigenvalue weighted by Crippen LogP contribution is -2.13. The first-order valence-corrected chi connectivity index (χ1v) is 8.05. The number of hydrogen-bond donors (Lipinski definition) is 2. The van der Waals surface area contributed by atoms with Gasteiger partial charge < -0.3 is 5.11 Å². The normalized spacial score (nSPS) is 11.2. The number of nitrogens with one attached hydrogen (secondary N) is 1. The van der Waals surface area contributed by atoms with E-state index in [1.54, 1.807) is 6.07 Å². The number of aliphatic carboxylic acids is 1. The first kappa shape index (κ1) is 14.8. The van der Waals surface area contributed by atoms with Crippen molar-refractivity contribution < 1.29 is 18.3 Å². The Labute approximate surface area is 124 Å². The highest BCUT2D eigenvalue weighted by Gasteiger charge is 2.16. The van der Waals surface area contributed by atoms with Crippen molar-refractivity contribution in [2.24, 2.45) is 0 Å². The second-order valence-corrected chi connectivity index (χ2v) is 6.75. The molecule has 0 fully saturated rings. The van der Waals surface area contributed by atoms with Crippen LogP contribution >= 0.6 is 22.9 Å². The Kier molecular flexibility index (Phi) is 4.26. The summed E-state index contributed by atoms with van der Waals surface area (Å²) in [6, 6.07) is 5.80. The minimum absolute atomic E-state index is 0.0139. The second-order valence-electron chi connectivity index (χ2n) is 3.78. The third-order valence-corrected chi connectivity index (χ3v) is 4.72. The molecule has 2 rings (SSSR count). The second kappa shape index (κ2) is 5.78. The van der Waals surface area contributed by atoms with Crippen LogP contribution in [0.25, 0.3) is 0 Å². The summed E-state index contributed by atoms with van der Waals surface area (Å²) in [7, 11) is -3.78. The van der Waals surface area contributed by atoms with E-state index >= 15 is 0 Å². The van der Waals surface area contributed by atoms with Gasteiger partial charge in [-0.2, -0.15) is 0 Å². The number of sulfonamides is 1. The number of anilines is 1. The largest absolute Gasteiger partial charge is 0.481 e. The van der Waals surface area contributed by atoms with Gasteiger partial charge in [-0.05, 0) is 18.2 Å². The lowest BCUT2D eigenvalue weighted by molar-refractivity contribution is -0.136. The molecular formula is C11H9ClN2O4S2. The number of halogens is 1. The lowest BCUT2D eigenvalue weighted by atomic mass is 10.3. The maximum atomic E-state index is 12.1. The fourth-order valence-electron chi connectivity index (χ4n) is 1.40. The van der Waals surface area contributed by atoms with Gasteiger partial charge in [-0.1, -0.05) is 17.7 Å². The smallest absolute Gasteiger partial charge is 0.309 e. The zero-order chi connectivity index (χ0) is 14.8. The van der Waals surface area contributed by atoms with Crippen LogP contribution < -0.4 is 4.72 Å². The number of carboxylic acids is 1. The van der Waals surface area contributed by atoms with E-state index in [1.165, 1.54) is 23.6 Å². The van der Waals surface area contributed by atoms with Crippen molar-refractivity contribution in [3.63, 3.8) is 0 Å². The summed E-state index contributed by atoms with van der Waals surface area (Å²) in [6.07, 6.45) is -0.255. The van der Waals surface area contributed by atoms with Crippen LogP contribution in [0.15, 0.2) is 34.5 Å². The van der Waals surface area contributed by atoms with Crippen molar-refractivity contribution in [3.05, 3.63) is 40.4 Å². The van der Waals surface area contributed by atoms with Gasteiger partial charge >= 0.3 is 5.97 Å². The van der Waals surface area contributed by atoms with E-state index in [0.717, 1.165) is 11.3 Å². The number of benzene rings is 1. The molecule has 1 aromatic carbocycles. The van der Waals surface area contributed by atoms with Gasteiger partial charge in [0.1, 0.15) is 0 Å². The van der Waals surface area contributed by atoms with Crippen molar-refractivity contribution in [2.75, 3.05) is 4.72 Å². The molecule has 0 unspecified atom stereocenters. The average Bonchev–Trinajstić information content (AvgIpc) is 2.74. The molecule has 1 heterocycles. The van der Waals surface area contributed by atoms with Gasteiger partial charge in [0.05, 0.1) is 17.0 Å². The maximum absolute atomic E-state index is 12.1. The van der Waals surface area contributed by atoms with Gasteiger partial charge in [0.2, 0.25) is 0 Å². The molecule has 0 bridgehead atoms. The Morgan fingerprint density at radius 1 is 1.45 bits per heavy atom. The van der Waals surface area contributed by atoms with Crippen LogP contribution in [0.5, 0.6) is 0 Å². The van der Waals surface area contributed by atoms with Crippen LogP contribution in [-0.2, 0) is 21.2 Å². The van der Waals surface area contributed by atoms with E-state index in [9.17, 15) is 13.2 Å². The number of rotatable bonds is 5. The molecular weight excluding hydrogens is 324 g/mol. The predicted molar refractivity (Wildman–Crippen MR) is 75.7 cm³/mol. The first-order valence-electron chi connectivity index (χ1n) is 5.31. The van der Waals surface area contributed by atoms with Crippen molar-refractivity contribution in [1.29, 1.82) is 0 Å². The van der Waals surface area contributed by atoms with Crippen LogP contribution in [0.3, 0.4) is 0 Å². The lowest BCUT2D eigenvalue weighted by Gasteiger charge is -2.05. The molecule has 106 valence electrons. The molecule has 0 aliphatic heterocycles. The molecule has 20 heavy (non-hydrogen) atoms. The summed E-state index contributed by atoms with van der Waals surface area (Å²) in [5.41, 5.74) is 0.297. The minimum atomic E-state index is -3.78. The fourth-order valence-corrected chi connectivity index (χ4v) is 3.66. The molecule has 2 N–H and O–H groups in total. The summed E-state index contributed by atoms with van der Waals surface area (Å²) in [4.78, 5) is 14.4. The Bertz CT molecular complexity index is 742. The van der Waals surface area contributed by atoms with Gasteiger partial charge in [0.15, 0.2) is 5.13 Å².